The van der Waals surface area contributed by atoms with Crippen molar-refractivity contribution in [2.45, 2.75) is 51.6 Å². The molecule has 5 nitrogen and oxygen atoms in total. The molecule has 1 amide bonds. The van der Waals surface area contributed by atoms with Gasteiger partial charge in [0.25, 0.3) is 0 Å². The summed E-state index contributed by atoms with van der Waals surface area (Å²) in [4.78, 5) is 13.7. The van der Waals surface area contributed by atoms with Gasteiger partial charge >= 0.3 is 0 Å². The van der Waals surface area contributed by atoms with E-state index < -0.39 is 0 Å². The van der Waals surface area contributed by atoms with Crippen molar-refractivity contribution in [1.82, 2.24) is 10.9 Å². The Morgan fingerprint density at radius 2 is 1.78 bits per heavy atom. The van der Waals surface area contributed by atoms with E-state index in [2.05, 4.69) is 42.1 Å². The highest BCUT2D eigenvalue weighted by Crippen LogP contribution is 2.22. The zero-order chi connectivity index (χ0) is 19.2. The molecule has 2 aromatic carbocycles. The number of carbonyl (C=O) groups is 1. The van der Waals surface area contributed by atoms with E-state index in [9.17, 15) is 4.79 Å². The molecule has 1 aliphatic rings. The molecule has 0 aromatic heterocycles. The van der Waals surface area contributed by atoms with Crippen LogP contribution in [0.3, 0.4) is 0 Å². The van der Waals surface area contributed by atoms with Crippen molar-refractivity contribution < 1.29 is 9.69 Å². The molecule has 0 unspecified atom stereocenters. The van der Waals surface area contributed by atoms with E-state index >= 15 is 0 Å². The lowest BCUT2D eigenvalue weighted by Gasteiger charge is -2.35. The highest BCUT2D eigenvalue weighted by molar-refractivity contribution is 7.80. The van der Waals surface area contributed by atoms with Crippen LogP contribution in [-0.2, 0) is 4.79 Å². The molecule has 0 radical (unpaired) electrons. The molecule has 1 fully saturated rings. The Morgan fingerprint density at radius 1 is 1.07 bits per heavy atom. The summed E-state index contributed by atoms with van der Waals surface area (Å²) >= 11 is 5.32. The van der Waals surface area contributed by atoms with Crippen LogP contribution in [0.5, 0.6) is 0 Å². The van der Waals surface area contributed by atoms with Crippen molar-refractivity contribution in [3.05, 3.63) is 42.5 Å². The molecule has 2 atom stereocenters. The molecular formula is C21H29N4OS+. The number of quaternary nitrogens is 1. The summed E-state index contributed by atoms with van der Waals surface area (Å²) < 4.78 is 0. The molecule has 144 valence electrons. The number of rotatable bonds is 4. The van der Waals surface area contributed by atoms with Gasteiger partial charge in [0.05, 0.1) is 25.0 Å². The first-order valence-corrected chi connectivity index (χ1v) is 10.1. The molecule has 4 N–H and O–H groups in total. The fourth-order valence-electron chi connectivity index (χ4n) is 4.01. The standard InChI is InChI=1S/C21H28N4OS/c1-15-7-5-8-16(2)25(15)14-13-20(26)23-24-21(27)22-19-12-6-10-17-9-3-4-11-18(17)19/h3-4,6,9-12,15-16H,5,7-8,13-14H2,1-2H3,(H,23,26)(H2,22,24,27)/p+1/t15-,16-/m1/s1. The molecule has 2 aromatic rings. The van der Waals surface area contributed by atoms with Crippen LogP contribution < -0.4 is 21.1 Å². The lowest BCUT2D eigenvalue weighted by molar-refractivity contribution is -0.950. The first-order chi connectivity index (χ1) is 13.0. The van der Waals surface area contributed by atoms with Crippen LogP contribution in [0, 0.1) is 0 Å². The first-order valence-electron chi connectivity index (χ1n) is 9.74. The van der Waals surface area contributed by atoms with Crippen LogP contribution in [0.1, 0.15) is 39.5 Å². The van der Waals surface area contributed by atoms with Gasteiger partial charge in [-0.25, -0.2) is 0 Å². The van der Waals surface area contributed by atoms with Gasteiger partial charge in [0.15, 0.2) is 5.11 Å². The Hall–Kier alpha value is -2.18. The van der Waals surface area contributed by atoms with Gasteiger partial charge < -0.3 is 10.2 Å². The zero-order valence-corrected chi connectivity index (χ0v) is 16.9. The summed E-state index contributed by atoms with van der Waals surface area (Å²) in [6.07, 6.45) is 4.29. The minimum absolute atomic E-state index is 0.0328. The average molecular weight is 386 g/mol. The second-order valence-corrected chi connectivity index (χ2v) is 7.87. The summed E-state index contributed by atoms with van der Waals surface area (Å²) in [6, 6.07) is 15.4. The van der Waals surface area contributed by atoms with Crippen LogP contribution >= 0.6 is 12.2 Å². The number of nitrogens with one attached hydrogen (secondary N) is 4. The minimum atomic E-state index is -0.0328. The number of thiocarbonyl (C=S) groups is 1. The predicted octanol–water partition coefficient (Wildman–Crippen LogP) is 2.39. The minimum Gasteiger partial charge on any atom is -0.331 e. The smallest absolute Gasteiger partial charge is 0.244 e. The quantitative estimate of drug-likeness (QED) is 0.482. The third-order valence-corrected chi connectivity index (χ3v) is 5.74. The zero-order valence-electron chi connectivity index (χ0n) is 16.0. The van der Waals surface area contributed by atoms with Crippen LogP contribution in [0.4, 0.5) is 5.69 Å². The monoisotopic (exact) mass is 385 g/mol. The second-order valence-electron chi connectivity index (χ2n) is 7.46. The summed E-state index contributed by atoms with van der Waals surface area (Å²) in [5.41, 5.74) is 6.45. The predicted molar refractivity (Wildman–Crippen MR) is 115 cm³/mol. The van der Waals surface area contributed by atoms with Gasteiger partial charge in [0.2, 0.25) is 5.91 Å². The molecule has 1 saturated heterocycles. The maximum Gasteiger partial charge on any atom is 0.244 e. The van der Waals surface area contributed by atoms with Crippen molar-refractivity contribution in [2.75, 3.05) is 11.9 Å². The van der Waals surface area contributed by atoms with Gasteiger partial charge in [0, 0.05) is 11.1 Å². The van der Waals surface area contributed by atoms with Gasteiger partial charge in [-0.05, 0) is 56.8 Å². The first kappa shape index (κ1) is 19.6. The van der Waals surface area contributed by atoms with Crippen molar-refractivity contribution in [3.8, 4) is 0 Å². The summed E-state index contributed by atoms with van der Waals surface area (Å²) in [5.74, 6) is -0.0328. The molecule has 3 rings (SSSR count). The van der Waals surface area contributed by atoms with Crippen LogP contribution in [0.2, 0.25) is 0 Å². The number of hydrazine groups is 1. The number of amides is 1. The number of hydrogen-bond acceptors (Lipinski definition) is 2. The topological polar surface area (TPSA) is 57.6 Å². The molecule has 1 aliphatic heterocycles. The normalized spacial score (nSPS) is 20.2. The fourth-order valence-corrected chi connectivity index (χ4v) is 4.18. The SMILES string of the molecule is C[C@@H]1CCC[C@@H](C)[NH+]1CCC(=O)NNC(=S)Nc1cccc2ccccc12. The summed E-state index contributed by atoms with van der Waals surface area (Å²) in [7, 11) is 0. The van der Waals surface area contributed by atoms with E-state index in [1.54, 1.807) is 0 Å². The maximum absolute atomic E-state index is 12.2. The Labute approximate surface area is 166 Å². The molecule has 1 heterocycles. The van der Waals surface area contributed by atoms with E-state index in [1.165, 1.54) is 24.2 Å². The van der Waals surface area contributed by atoms with Gasteiger partial charge in [-0.15, -0.1) is 0 Å². The van der Waals surface area contributed by atoms with E-state index in [0.717, 1.165) is 23.0 Å². The highest BCUT2D eigenvalue weighted by atomic mass is 32.1. The van der Waals surface area contributed by atoms with Gasteiger partial charge in [-0.3, -0.25) is 15.6 Å². The third kappa shape index (κ3) is 5.17. The second kappa shape index (κ2) is 9.15. The van der Waals surface area contributed by atoms with Crippen molar-refractivity contribution in [1.29, 1.82) is 0 Å². The Morgan fingerprint density at radius 3 is 2.56 bits per heavy atom. The molecule has 27 heavy (non-hydrogen) atoms. The van der Waals surface area contributed by atoms with Crippen LogP contribution in [0.15, 0.2) is 42.5 Å². The number of fused-ring (bicyclic) bond motifs is 1. The molecule has 0 bridgehead atoms. The number of benzene rings is 2. The van der Waals surface area contributed by atoms with E-state index in [0.29, 0.717) is 23.6 Å². The van der Waals surface area contributed by atoms with Gasteiger partial charge in [-0.1, -0.05) is 36.4 Å². The van der Waals surface area contributed by atoms with Crippen molar-refractivity contribution in [3.63, 3.8) is 0 Å². The van der Waals surface area contributed by atoms with E-state index in [1.807, 2.05) is 30.3 Å². The summed E-state index contributed by atoms with van der Waals surface area (Å²) in [5, 5.41) is 5.77. The van der Waals surface area contributed by atoms with Crippen molar-refractivity contribution in [2.24, 2.45) is 0 Å². The molecule has 6 heteroatoms. The number of anilines is 1. The Kier molecular flexibility index (Phi) is 6.63. The largest absolute Gasteiger partial charge is 0.331 e. The number of likely N-dealkylation sites (tertiary alicyclic amines) is 1. The van der Waals surface area contributed by atoms with Crippen molar-refractivity contribution >= 4 is 39.7 Å². The van der Waals surface area contributed by atoms with Crippen LogP contribution in [0.25, 0.3) is 10.8 Å². The number of carbonyl (C=O) groups excluding carboxylic acids is 1. The lowest BCUT2D eigenvalue weighted by Crippen LogP contribution is -3.19. The molecule has 0 saturated carbocycles. The lowest BCUT2D eigenvalue weighted by atomic mass is 9.97. The van der Waals surface area contributed by atoms with E-state index in [-0.39, 0.29) is 5.91 Å². The Balaban J connectivity index is 1.46. The molecular weight excluding hydrogens is 356 g/mol. The average Bonchev–Trinajstić information content (AvgIpc) is 2.66. The van der Waals surface area contributed by atoms with Crippen LogP contribution in [-0.4, -0.2) is 29.6 Å². The molecule has 0 aliphatic carbocycles. The number of hydrogen-bond donors (Lipinski definition) is 4. The van der Waals surface area contributed by atoms with Gasteiger partial charge in [-0.2, -0.15) is 0 Å². The van der Waals surface area contributed by atoms with E-state index in [4.69, 9.17) is 12.2 Å². The molecule has 0 spiro atoms. The third-order valence-electron chi connectivity index (χ3n) is 5.53. The van der Waals surface area contributed by atoms with Gasteiger partial charge in [0.1, 0.15) is 0 Å². The summed E-state index contributed by atoms with van der Waals surface area (Å²) in [6.45, 7) is 5.42. The fraction of sp³-hybridized carbons (Fsp3) is 0.429. The Bertz CT molecular complexity index is 794. The maximum atomic E-state index is 12.2. The highest BCUT2D eigenvalue weighted by Gasteiger charge is 2.28. The number of piperidine rings is 1.